The lowest BCUT2D eigenvalue weighted by atomic mass is 10.2. The molecule has 0 spiro atoms. The highest BCUT2D eigenvalue weighted by atomic mass is 79.9. The van der Waals surface area contributed by atoms with Crippen molar-refractivity contribution < 1.29 is 17.6 Å². The van der Waals surface area contributed by atoms with E-state index in [1.165, 1.54) is 31.2 Å². The van der Waals surface area contributed by atoms with Crippen molar-refractivity contribution in [1.29, 1.82) is 0 Å². The fourth-order valence-electron chi connectivity index (χ4n) is 3.09. The summed E-state index contributed by atoms with van der Waals surface area (Å²) >= 11 is 9.16. The summed E-state index contributed by atoms with van der Waals surface area (Å²) in [6.07, 6.45) is 0. The van der Waals surface area contributed by atoms with Crippen molar-refractivity contribution >= 4 is 49.0 Å². The molecule has 0 saturated carbocycles. The van der Waals surface area contributed by atoms with Gasteiger partial charge >= 0.3 is 0 Å². The van der Waals surface area contributed by atoms with E-state index >= 15 is 0 Å². The smallest absolute Gasteiger partial charge is 0.270 e. The molecule has 1 aromatic heterocycles. The molecule has 1 heterocycles. The Morgan fingerprint density at radius 1 is 1.13 bits per heavy atom. The summed E-state index contributed by atoms with van der Waals surface area (Å²) in [6, 6.07) is 10.9. The van der Waals surface area contributed by atoms with E-state index in [1.807, 2.05) is 0 Å². The van der Waals surface area contributed by atoms with Gasteiger partial charge in [-0.05, 0) is 67.9 Å². The number of aryl methyl sites for hydroxylation is 2. The number of benzene rings is 2. The van der Waals surface area contributed by atoms with Crippen molar-refractivity contribution in [3.05, 3.63) is 85.5 Å². The predicted octanol–water partition coefficient (Wildman–Crippen LogP) is 4.49. The maximum Gasteiger partial charge on any atom is 0.270 e. The van der Waals surface area contributed by atoms with Crippen LogP contribution < -0.4 is 10.9 Å². The Bertz CT molecular complexity index is 1340. The third-order valence-electron chi connectivity index (χ3n) is 4.55. The van der Waals surface area contributed by atoms with E-state index in [9.17, 15) is 22.4 Å². The SMILES string of the molecule is Cc1cc(C)n(CC(=O)Nc2ccc(F)cc2Cl)c(=O)c1S(=O)(=O)c1ccc(Br)cc1. The van der Waals surface area contributed by atoms with Crippen molar-refractivity contribution in [3.63, 3.8) is 0 Å². The van der Waals surface area contributed by atoms with Gasteiger partial charge in [0.1, 0.15) is 17.3 Å². The summed E-state index contributed by atoms with van der Waals surface area (Å²) in [5, 5.41) is 2.50. The Morgan fingerprint density at radius 3 is 2.39 bits per heavy atom. The van der Waals surface area contributed by atoms with E-state index in [2.05, 4.69) is 21.2 Å². The molecule has 6 nitrogen and oxygen atoms in total. The molecule has 0 aliphatic carbocycles. The van der Waals surface area contributed by atoms with Crippen LogP contribution in [0.2, 0.25) is 5.02 Å². The zero-order valence-electron chi connectivity index (χ0n) is 16.4. The second kappa shape index (κ2) is 8.94. The molecule has 10 heteroatoms. The van der Waals surface area contributed by atoms with Gasteiger partial charge < -0.3 is 9.88 Å². The number of amides is 1. The number of carbonyl (C=O) groups excluding carboxylic acids is 1. The number of pyridine rings is 1. The molecular weight excluding hydrogens is 511 g/mol. The minimum absolute atomic E-state index is 0.000157. The van der Waals surface area contributed by atoms with E-state index in [0.29, 0.717) is 10.2 Å². The van der Waals surface area contributed by atoms with Crippen LogP contribution in [0.4, 0.5) is 10.1 Å². The lowest BCUT2D eigenvalue weighted by Gasteiger charge is -2.15. The van der Waals surface area contributed by atoms with E-state index in [4.69, 9.17) is 11.6 Å². The van der Waals surface area contributed by atoms with E-state index in [1.54, 1.807) is 19.1 Å². The summed E-state index contributed by atoms with van der Waals surface area (Å²) in [6.45, 7) is 2.69. The number of hydrogen-bond donors (Lipinski definition) is 1. The quantitative estimate of drug-likeness (QED) is 0.530. The summed E-state index contributed by atoms with van der Waals surface area (Å²) in [5.74, 6) is -1.18. The maximum atomic E-state index is 13.2. The standard InChI is InChI=1S/C21H17BrClFN2O4S/c1-12-9-13(2)26(11-19(27)25-18-8-5-15(24)10-17(18)23)21(28)20(12)31(29,30)16-6-3-14(22)4-7-16/h3-10H,11H2,1-2H3,(H,25,27). The highest BCUT2D eigenvalue weighted by molar-refractivity contribution is 9.10. The average Bonchev–Trinajstić information content (AvgIpc) is 2.67. The van der Waals surface area contributed by atoms with Gasteiger partial charge in [-0.2, -0.15) is 0 Å². The summed E-state index contributed by atoms with van der Waals surface area (Å²) < 4.78 is 41.2. The first-order chi connectivity index (χ1) is 14.5. The van der Waals surface area contributed by atoms with Gasteiger partial charge in [-0.25, -0.2) is 12.8 Å². The fraction of sp³-hybridized carbons (Fsp3) is 0.143. The topological polar surface area (TPSA) is 85.2 Å². The van der Waals surface area contributed by atoms with Crippen molar-refractivity contribution in [3.8, 4) is 0 Å². The number of carbonyl (C=O) groups is 1. The number of sulfone groups is 1. The van der Waals surface area contributed by atoms with E-state index in [0.717, 1.165) is 16.7 Å². The molecule has 1 amide bonds. The molecule has 2 aromatic carbocycles. The van der Waals surface area contributed by atoms with Gasteiger partial charge in [-0.3, -0.25) is 9.59 Å². The minimum atomic E-state index is -4.11. The minimum Gasteiger partial charge on any atom is -0.323 e. The molecule has 3 rings (SSSR count). The second-order valence-electron chi connectivity index (χ2n) is 6.82. The number of nitrogens with one attached hydrogen (secondary N) is 1. The van der Waals surface area contributed by atoms with Gasteiger partial charge in [0.25, 0.3) is 5.56 Å². The first-order valence-electron chi connectivity index (χ1n) is 8.97. The van der Waals surface area contributed by atoms with Crippen LogP contribution in [0, 0.1) is 19.7 Å². The molecule has 1 N–H and O–H groups in total. The van der Waals surface area contributed by atoms with E-state index in [-0.39, 0.29) is 21.2 Å². The third kappa shape index (κ3) is 4.89. The Balaban J connectivity index is 2.00. The molecule has 0 saturated heterocycles. The van der Waals surface area contributed by atoms with Crippen molar-refractivity contribution in [2.24, 2.45) is 0 Å². The monoisotopic (exact) mass is 526 g/mol. The summed E-state index contributed by atoms with van der Waals surface area (Å²) in [7, 11) is -4.11. The van der Waals surface area contributed by atoms with Crippen LogP contribution in [-0.2, 0) is 21.2 Å². The van der Waals surface area contributed by atoms with Gasteiger partial charge in [-0.1, -0.05) is 27.5 Å². The second-order valence-corrected chi connectivity index (χ2v) is 10.0. The molecule has 0 bridgehead atoms. The predicted molar refractivity (Wildman–Crippen MR) is 120 cm³/mol. The highest BCUT2D eigenvalue weighted by Gasteiger charge is 2.26. The van der Waals surface area contributed by atoms with Crippen LogP contribution >= 0.6 is 27.5 Å². The maximum absolute atomic E-state index is 13.2. The third-order valence-corrected chi connectivity index (χ3v) is 7.32. The van der Waals surface area contributed by atoms with Crippen LogP contribution in [0.3, 0.4) is 0 Å². The van der Waals surface area contributed by atoms with Gasteiger partial charge in [0.15, 0.2) is 0 Å². The molecule has 31 heavy (non-hydrogen) atoms. The zero-order chi connectivity index (χ0) is 22.9. The molecular formula is C21H17BrClFN2O4S. The first kappa shape index (κ1) is 23.2. The van der Waals surface area contributed by atoms with Crippen molar-refractivity contribution in [2.75, 3.05) is 5.32 Å². The van der Waals surface area contributed by atoms with Gasteiger partial charge in [0, 0.05) is 10.2 Å². The van der Waals surface area contributed by atoms with Gasteiger partial charge in [0.05, 0.1) is 15.6 Å². The number of nitrogens with zero attached hydrogens (tertiary/aromatic N) is 1. The van der Waals surface area contributed by atoms with E-state index < -0.39 is 38.6 Å². The Labute approximate surface area is 191 Å². The fourth-order valence-corrected chi connectivity index (χ4v) is 5.12. The molecule has 0 aliphatic heterocycles. The van der Waals surface area contributed by atoms with Crippen LogP contribution in [0.25, 0.3) is 0 Å². The Hall–Kier alpha value is -2.49. The number of rotatable bonds is 5. The molecule has 0 aliphatic rings. The van der Waals surface area contributed by atoms with Gasteiger partial charge in [0.2, 0.25) is 15.7 Å². The molecule has 0 fully saturated rings. The Kier molecular flexibility index (Phi) is 6.68. The molecule has 0 atom stereocenters. The zero-order valence-corrected chi connectivity index (χ0v) is 19.6. The lowest BCUT2D eigenvalue weighted by Crippen LogP contribution is -2.33. The summed E-state index contributed by atoms with van der Waals surface area (Å²) in [4.78, 5) is 25.2. The molecule has 0 radical (unpaired) electrons. The van der Waals surface area contributed by atoms with Gasteiger partial charge in [-0.15, -0.1) is 0 Å². The van der Waals surface area contributed by atoms with Crippen LogP contribution in [0.1, 0.15) is 11.3 Å². The van der Waals surface area contributed by atoms with Crippen molar-refractivity contribution in [2.45, 2.75) is 30.2 Å². The van der Waals surface area contributed by atoms with Crippen LogP contribution in [-0.4, -0.2) is 18.9 Å². The van der Waals surface area contributed by atoms with Crippen LogP contribution in [0.15, 0.2) is 67.6 Å². The number of aromatic nitrogens is 1. The number of anilines is 1. The molecule has 3 aromatic rings. The average molecular weight is 528 g/mol. The highest BCUT2D eigenvalue weighted by Crippen LogP contribution is 2.24. The normalized spacial score (nSPS) is 11.4. The first-order valence-corrected chi connectivity index (χ1v) is 11.6. The van der Waals surface area contributed by atoms with Crippen LogP contribution in [0.5, 0.6) is 0 Å². The largest absolute Gasteiger partial charge is 0.323 e. The molecule has 162 valence electrons. The van der Waals surface area contributed by atoms with Crippen molar-refractivity contribution in [1.82, 2.24) is 4.57 Å². The molecule has 0 unspecified atom stereocenters. The lowest BCUT2D eigenvalue weighted by molar-refractivity contribution is -0.116. The number of halogens is 3. The summed E-state index contributed by atoms with van der Waals surface area (Å²) in [5.41, 5.74) is 0.0654. The Morgan fingerprint density at radius 2 is 1.77 bits per heavy atom. The number of hydrogen-bond acceptors (Lipinski definition) is 4.